The molecule has 6 heteroatoms. The molecule has 2 N–H and O–H groups in total. The second-order valence-electron chi connectivity index (χ2n) is 7.10. The Balaban J connectivity index is 0.00000169. The summed E-state index contributed by atoms with van der Waals surface area (Å²) in [7, 11) is 1.87. The van der Waals surface area contributed by atoms with E-state index in [-0.39, 0.29) is 24.0 Å². The molecule has 3 fully saturated rings. The summed E-state index contributed by atoms with van der Waals surface area (Å²) >= 11 is 1.89. The zero-order valence-electron chi connectivity index (χ0n) is 14.5. The Morgan fingerprint density at radius 2 is 2.17 bits per heavy atom. The van der Waals surface area contributed by atoms with Crippen LogP contribution in [0.1, 0.15) is 42.4 Å². The van der Waals surface area contributed by atoms with E-state index in [0.29, 0.717) is 23.5 Å². The van der Waals surface area contributed by atoms with Crippen molar-refractivity contribution in [2.45, 2.75) is 57.7 Å². The molecule has 4 rings (SSSR count). The predicted octanol–water partition coefficient (Wildman–Crippen LogP) is 3.55. The number of ether oxygens (including phenoxy) is 1. The van der Waals surface area contributed by atoms with Gasteiger partial charge < -0.3 is 15.4 Å². The summed E-state index contributed by atoms with van der Waals surface area (Å²) in [5, 5.41) is 7.22. The van der Waals surface area contributed by atoms with Crippen LogP contribution in [0.4, 0.5) is 0 Å². The number of hydrogen-bond acceptors (Lipinski definition) is 3. The number of aryl methyl sites for hydroxylation is 1. The number of aliphatic imine (C=N–C) groups is 1. The van der Waals surface area contributed by atoms with Crippen molar-refractivity contribution in [3.05, 3.63) is 21.9 Å². The third kappa shape index (κ3) is 2.98. The van der Waals surface area contributed by atoms with Gasteiger partial charge in [-0.15, -0.1) is 35.3 Å². The summed E-state index contributed by atoms with van der Waals surface area (Å²) in [6, 6.07) is 5.00. The molecule has 1 aromatic heterocycles. The second-order valence-corrected chi connectivity index (χ2v) is 8.35. The molecule has 0 radical (unpaired) electrons. The van der Waals surface area contributed by atoms with Gasteiger partial charge in [0, 0.05) is 40.8 Å². The number of nitrogens with zero attached hydrogens (tertiary/aromatic N) is 1. The summed E-state index contributed by atoms with van der Waals surface area (Å²) in [5.74, 6) is 1.63. The average Bonchev–Trinajstić information content (AvgIpc) is 3.14. The standard InChI is InChI=1S/C18H27N3OS.HI/c1-3-12-5-6-13(23-12)11-20-17(19-2)21-15-14-7-10-22-16(14)18(15)8-4-9-18;/h5-6,14-16H,3-4,7-11H2,1-2H3,(H2,19,20,21);1H. The van der Waals surface area contributed by atoms with Gasteiger partial charge in [0.2, 0.25) is 0 Å². The molecule has 1 spiro atoms. The fourth-order valence-electron chi connectivity index (χ4n) is 4.68. The number of nitrogens with one attached hydrogen (secondary N) is 2. The molecule has 4 nitrogen and oxygen atoms in total. The first-order chi connectivity index (χ1) is 11.3. The van der Waals surface area contributed by atoms with Gasteiger partial charge in [-0.25, -0.2) is 0 Å². The molecule has 0 bridgehead atoms. The van der Waals surface area contributed by atoms with Gasteiger partial charge in [0.15, 0.2) is 5.96 Å². The number of halogens is 1. The summed E-state index contributed by atoms with van der Waals surface area (Å²) in [6.45, 7) is 4.00. The Bertz CT molecular complexity index is 599. The van der Waals surface area contributed by atoms with Gasteiger partial charge in [-0.2, -0.15) is 0 Å². The summed E-state index contributed by atoms with van der Waals surface area (Å²) in [4.78, 5) is 7.27. The van der Waals surface area contributed by atoms with Gasteiger partial charge in [-0.05, 0) is 37.8 Å². The summed E-state index contributed by atoms with van der Waals surface area (Å²) in [6.07, 6.45) is 6.81. The van der Waals surface area contributed by atoms with Crippen LogP contribution in [-0.4, -0.2) is 31.8 Å². The third-order valence-corrected chi connectivity index (χ3v) is 7.28. The minimum Gasteiger partial charge on any atom is -0.377 e. The van der Waals surface area contributed by atoms with Gasteiger partial charge in [-0.3, -0.25) is 4.99 Å². The molecule has 1 aromatic rings. The lowest BCUT2D eigenvalue weighted by Gasteiger charge is -2.63. The zero-order chi connectivity index (χ0) is 15.9. The molecule has 134 valence electrons. The van der Waals surface area contributed by atoms with Crippen LogP contribution in [0, 0.1) is 11.3 Å². The van der Waals surface area contributed by atoms with E-state index in [1.807, 2.05) is 18.4 Å². The average molecular weight is 461 g/mol. The highest BCUT2D eigenvalue weighted by molar-refractivity contribution is 14.0. The second kappa shape index (κ2) is 7.50. The van der Waals surface area contributed by atoms with E-state index in [4.69, 9.17) is 4.74 Å². The van der Waals surface area contributed by atoms with E-state index in [0.717, 1.165) is 25.5 Å². The number of rotatable bonds is 4. The third-order valence-electron chi connectivity index (χ3n) is 6.05. The lowest BCUT2D eigenvalue weighted by atomic mass is 9.46. The lowest BCUT2D eigenvalue weighted by Crippen LogP contribution is -2.72. The van der Waals surface area contributed by atoms with Crippen molar-refractivity contribution < 1.29 is 4.74 Å². The minimum atomic E-state index is 0. The van der Waals surface area contributed by atoms with E-state index < -0.39 is 0 Å². The summed E-state index contributed by atoms with van der Waals surface area (Å²) in [5.41, 5.74) is 0.400. The minimum absolute atomic E-state index is 0. The molecular weight excluding hydrogens is 433 g/mol. The Morgan fingerprint density at radius 1 is 1.38 bits per heavy atom. The van der Waals surface area contributed by atoms with Crippen LogP contribution in [0.5, 0.6) is 0 Å². The lowest BCUT2D eigenvalue weighted by molar-refractivity contribution is -0.171. The molecule has 2 saturated carbocycles. The molecule has 1 saturated heterocycles. The van der Waals surface area contributed by atoms with Crippen LogP contribution in [0.25, 0.3) is 0 Å². The van der Waals surface area contributed by atoms with E-state index in [9.17, 15) is 0 Å². The Morgan fingerprint density at radius 3 is 2.79 bits per heavy atom. The van der Waals surface area contributed by atoms with E-state index >= 15 is 0 Å². The van der Waals surface area contributed by atoms with Gasteiger partial charge in [0.25, 0.3) is 0 Å². The zero-order valence-corrected chi connectivity index (χ0v) is 17.7. The topological polar surface area (TPSA) is 45.7 Å². The van der Waals surface area contributed by atoms with Crippen LogP contribution in [0.3, 0.4) is 0 Å². The van der Waals surface area contributed by atoms with Crippen molar-refractivity contribution >= 4 is 41.3 Å². The number of guanidine groups is 1. The quantitative estimate of drug-likeness (QED) is 0.410. The fraction of sp³-hybridized carbons (Fsp3) is 0.722. The largest absolute Gasteiger partial charge is 0.377 e. The highest BCUT2D eigenvalue weighted by Crippen LogP contribution is 2.62. The number of fused-ring (bicyclic) bond motifs is 2. The Kier molecular flexibility index (Phi) is 5.76. The maximum Gasteiger partial charge on any atom is 0.191 e. The first kappa shape index (κ1) is 18.5. The maximum absolute atomic E-state index is 6.00. The van der Waals surface area contributed by atoms with Crippen molar-refractivity contribution in [2.24, 2.45) is 16.3 Å². The number of hydrogen-bond donors (Lipinski definition) is 2. The fourth-order valence-corrected chi connectivity index (χ4v) is 5.57. The van der Waals surface area contributed by atoms with Crippen molar-refractivity contribution in [3.8, 4) is 0 Å². The SMILES string of the molecule is CCc1ccc(CNC(=NC)NC2C3CCOC3C23CCC3)s1.I. The molecule has 3 unspecified atom stereocenters. The maximum atomic E-state index is 6.00. The molecule has 0 amide bonds. The molecule has 2 heterocycles. The predicted molar refractivity (Wildman–Crippen MR) is 110 cm³/mol. The molecule has 1 aliphatic heterocycles. The van der Waals surface area contributed by atoms with Crippen LogP contribution >= 0.6 is 35.3 Å². The van der Waals surface area contributed by atoms with Crippen LogP contribution in [0.15, 0.2) is 17.1 Å². The van der Waals surface area contributed by atoms with Gasteiger partial charge >= 0.3 is 0 Å². The van der Waals surface area contributed by atoms with Crippen molar-refractivity contribution in [1.29, 1.82) is 0 Å². The molecule has 24 heavy (non-hydrogen) atoms. The first-order valence-corrected chi connectivity index (χ1v) is 9.75. The van der Waals surface area contributed by atoms with E-state index in [2.05, 4.69) is 34.7 Å². The normalized spacial score (nSPS) is 30.1. The van der Waals surface area contributed by atoms with Crippen molar-refractivity contribution in [1.82, 2.24) is 10.6 Å². The van der Waals surface area contributed by atoms with Gasteiger partial charge in [0.1, 0.15) is 0 Å². The first-order valence-electron chi connectivity index (χ1n) is 8.93. The van der Waals surface area contributed by atoms with Crippen LogP contribution in [0.2, 0.25) is 0 Å². The molecule has 2 aliphatic carbocycles. The van der Waals surface area contributed by atoms with Crippen molar-refractivity contribution in [2.75, 3.05) is 13.7 Å². The smallest absolute Gasteiger partial charge is 0.191 e. The van der Waals surface area contributed by atoms with Gasteiger partial charge in [-0.1, -0.05) is 13.3 Å². The van der Waals surface area contributed by atoms with Gasteiger partial charge in [0.05, 0.1) is 12.6 Å². The van der Waals surface area contributed by atoms with Crippen molar-refractivity contribution in [3.63, 3.8) is 0 Å². The van der Waals surface area contributed by atoms with E-state index in [1.165, 1.54) is 35.4 Å². The Labute approximate surface area is 165 Å². The molecular formula is C18H28IN3OS. The van der Waals surface area contributed by atoms with Crippen LogP contribution < -0.4 is 10.6 Å². The highest BCUT2D eigenvalue weighted by atomic mass is 127. The Hall–Kier alpha value is -0.340. The molecule has 3 atom stereocenters. The van der Waals surface area contributed by atoms with Crippen LogP contribution in [-0.2, 0) is 17.7 Å². The number of thiophene rings is 1. The van der Waals surface area contributed by atoms with E-state index in [1.54, 1.807) is 0 Å². The molecule has 0 aromatic carbocycles. The molecule has 3 aliphatic rings. The highest BCUT2D eigenvalue weighted by Gasteiger charge is 2.66. The monoisotopic (exact) mass is 461 g/mol. The summed E-state index contributed by atoms with van der Waals surface area (Å²) < 4.78 is 6.00.